The van der Waals surface area contributed by atoms with E-state index in [1.807, 2.05) is 0 Å². The summed E-state index contributed by atoms with van der Waals surface area (Å²) >= 11 is 0. The van der Waals surface area contributed by atoms with Gasteiger partial charge in [-0.2, -0.15) is 0 Å². The number of hydrogen-bond donors (Lipinski definition) is 0. The summed E-state index contributed by atoms with van der Waals surface area (Å²) in [5.41, 5.74) is 0. The van der Waals surface area contributed by atoms with Gasteiger partial charge < -0.3 is 0 Å². The average molecular weight is 515 g/mol. The Morgan fingerprint density at radius 2 is 0.559 bits per heavy atom. The number of rotatable bonds is 4. The molecule has 0 N–H and O–H groups in total. The molecule has 0 saturated heterocycles. The largest absolute Gasteiger partial charge is 0.0774 e. The van der Waals surface area contributed by atoms with E-state index in [0.717, 1.165) is 0 Å². The van der Waals surface area contributed by atoms with Crippen LogP contribution in [-0.2, 0) is 0 Å². The van der Waals surface area contributed by atoms with Crippen molar-refractivity contribution in [1.29, 1.82) is 0 Å². The third-order valence-electron chi connectivity index (χ3n) is 7.87. The summed E-state index contributed by atoms with van der Waals surface area (Å²) in [7, 11) is -5.68. The van der Waals surface area contributed by atoms with Crippen LogP contribution < -0.4 is 20.7 Å². The summed E-state index contributed by atoms with van der Waals surface area (Å²) in [6, 6.07) is 15.3. The highest BCUT2D eigenvalue weighted by atomic mass is 28.3. The van der Waals surface area contributed by atoms with Crippen LogP contribution in [0.3, 0.4) is 0 Å². The number of benzene rings is 3. The molecule has 0 saturated carbocycles. The average Bonchev–Trinajstić information content (AvgIpc) is 2.65. The lowest BCUT2D eigenvalue weighted by Crippen LogP contribution is -2.56. The standard InChI is InChI=1S/C30H42Si4/c1-31(2,3)25-15-21-19-13-14-20-22-16-26(32(4,5)6)28(34(10,11)12)18-24(22)30(20)29(19)23(21)17-27(25)33(7,8)9/h13-18H,1-12H3. The molecule has 0 aliphatic carbocycles. The predicted molar refractivity (Wildman–Crippen MR) is 171 cm³/mol. The quantitative estimate of drug-likeness (QED) is 0.220. The van der Waals surface area contributed by atoms with Crippen molar-refractivity contribution in [2.24, 2.45) is 0 Å². The third kappa shape index (κ3) is 3.47. The fourth-order valence-corrected chi connectivity index (χ4v) is 16.4. The van der Waals surface area contributed by atoms with E-state index in [-0.39, 0.29) is 0 Å². The molecule has 5 rings (SSSR count). The van der Waals surface area contributed by atoms with Gasteiger partial charge in [0.05, 0.1) is 32.3 Å². The second kappa shape index (κ2) is 7.06. The van der Waals surface area contributed by atoms with Gasteiger partial charge in [-0.1, -0.05) is 136 Å². The van der Waals surface area contributed by atoms with E-state index in [4.69, 9.17) is 0 Å². The lowest BCUT2D eigenvalue weighted by atomic mass is 9.84. The van der Waals surface area contributed by atoms with Crippen molar-refractivity contribution in [3.05, 3.63) is 36.4 Å². The highest BCUT2D eigenvalue weighted by Crippen LogP contribution is 2.46. The molecule has 0 bridgehead atoms. The minimum Gasteiger partial charge on any atom is -0.0656 e. The highest BCUT2D eigenvalue weighted by molar-refractivity contribution is 6.99. The molecule has 5 aromatic rings. The molecule has 0 radical (unpaired) electrons. The molecule has 5 aromatic carbocycles. The second-order valence-electron chi connectivity index (χ2n) is 14.8. The first-order valence-electron chi connectivity index (χ1n) is 13.0. The fraction of sp³-hybridized carbons (Fsp3) is 0.400. The van der Waals surface area contributed by atoms with Crippen LogP contribution in [0.1, 0.15) is 0 Å². The van der Waals surface area contributed by atoms with Crippen LogP contribution in [0, 0.1) is 0 Å². The molecule has 0 atom stereocenters. The van der Waals surface area contributed by atoms with E-state index in [0.29, 0.717) is 0 Å². The Bertz CT molecular complexity index is 1450. The Morgan fingerprint density at radius 1 is 0.324 bits per heavy atom. The molecule has 178 valence electrons. The molecule has 0 unspecified atom stereocenters. The zero-order valence-corrected chi connectivity index (χ0v) is 27.5. The number of hydrogen-bond acceptors (Lipinski definition) is 0. The van der Waals surface area contributed by atoms with Gasteiger partial charge in [0.15, 0.2) is 0 Å². The van der Waals surface area contributed by atoms with Crippen molar-refractivity contribution in [1.82, 2.24) is 0 Å². The van der Waals surface area contributed by atoms with Gasteiger partial charge in [-0.05, 0) is 43.1 Å². The van der Waals surface area contributed by atoms with Crippen molar-refractivity contribution < 1.29 is 0 Å². The van der Waals surface area contributed by atoms with Crippen LogP contribution in [-0.4, -0.2) is 32.3 Å². The summed E-state index contributed by atoms with van der Waals surface area (Å²) in [5, 5.41) is 18.9. The molecule has 34 heavy (non-hydrogen) atoms. The van der Waals surface area contributed by atoms with Gasteiger partial charge in [-0.15, -0.1) is 0 Å². The van der Waals surface area contributed by atoms with E-state index in [2.05, 4.69) is 115 Å². The van der Waals surface area contributed by atoms with Crippen molar-refractivity contribution >= 4 is 96.1 Å². The third-order valence-corrected chi connectivity index (χ3v) is 16.5. The molecule has 4 heteroatoms. The topological polar surface area (TPSA) is 0 Å². The van der Waals surface area contributed by atoms with Gasteiger partial charge in [-0.25, -0.2) is 0 Å². The Hall–Kier alpha value is -1.47. The first kappa shape index (κ1) is 24.2. The van der Waals surface area contributed by atoms with Gasteiger partial charge in [0.1, 0.15) is 0 Å². The zero-order chi connectivity index (χ0) is 25.2. The molecule has 0 nitrogen and oxygen atoms in total. The first-order chi connectivity index (χ1) is 15.4. The lowest BCUT2D eigenvalue weighted by Gasteiger charge is -2.32. The van der Waals surface area contributed by atoms with E-state index in [1.165, 1.54) is 32.3 Å². The molecule has 0 fully saturated rings. The summed E-state index contributed by atoms with van der Waals surface area (Å²) in [5.74, 6) is 0. The summed E-state index contributed by atoms with van der Waals surface area (Å²) < 4.78 is 0. The van der Waals surface area contributed by atoms with Crippen molar-refractivity contribution in [2.45, 2.75) is 78.6 Å². The highest BCUT2D eigenvalue weighted by Gasteiger charge is 2.32. The normalized spacial score (nSPS) is 14.5. The van der Waals surface area contributed by atoms with E-state index in [9.17, 15) is 0 Å². The molecule has 0 aliphatic heterocycles. The van der Waals surface area contributed by atoms with Crippen LogP contribution in [0.15, 0.2) is 36.4 Å². The van der Waals surface area contributed by atoms with Crippen LogP contribution in [0.25, 0.3) is 43.1 Å². The molecule has 0 aromatic heterocycles. The Labute approximate surface area is 210 Å². The van der Waals surface area contributed by atoms with E-state index < -0.39 is 32.3 Å². The maximum Gasteiger partial charge on any atom is 0.0774 e. The molecule has 0 spiro atoms. The zero-order valence-electron chi connectivity index (χ0n) is 23.5. The Balaban J connectivity index is 1.87. The van der Waals surface area contributed by atoms with Gasteiger partial charge >= 0.3 is 0 Å². The molecular weight excluding hydrogens is 473 g/mol. The second-order valence-corrected chi connectivity index (χ2v) is 35.0. The maximum atomic E-state index is 2.63. The van der Waals surface area contributed by atoms with Crippen molar-refractivity contribution in [2.75, 3.05) is 0 Å². The Kier molecular flexibility index (Phi) is 5.03. The van der Waals surface area contributed by atoms with E-state index in [1.54, 1.807) is 31.5 Å². The van der Waals surface area contributed by atoms with Gasteiger partial charge in [-0.3, -0.25) is 0 Å². The fourth-order valence-electron chi connectivity index (χ4n) is 6.03. The molecule has 0 aliphatic rings. The first-order valence-corrected chi connectivity index (χ1v) is 27.0. The lowest BCUT2D eigenvalue weighted by molar-refractivity contribution is 1.69. The maximum absolute atomic E-state index is 2.63. The minimum atomic E-state index is -1.43. The van der Waals surface area contributed by atoms with Gasteiger partial charge in [0, 0.05) is 0 Å². The summed E-state index contributed by atoms with van der Waals surface area (Å²) in [6.07, 6.45) is 0. The van der Waals surface area contributed by atoms with Gasteiger partial charge in [0.2, 0.25) is 0 Å². The van der Waals surface area contributed by atoms with Crippen LogP contribution in [0.2, 0.25) is 78.6 Å². The smallest absolute Gasteiger partial charge is 0.0656 e. The van der Waals surface area contributed by atoms with Crippen molar-refractivity contribution in [3.63, 3.8) is 0 Å². The number of fused-ring (bicyclic) bond motifs is 9. The van der Waals surface area contributed by atoms with Crippen LogP contribution in [0.5, 0.6) is 0 Å². The molecular formula is C30H42Si4. The minimum absolute atomic E-state index is 1.41. The van der Waals surface area contributed by atoms with Crippen LogP contribution >= 0.6 is 0 Å². The molecule has 0 heterocycles. The Morgan fingerprint density at radius 3 is 0.794 bits per heavy atom. The monoisotopic (exact) mass is 514 g/mol. The summed E-state index contributed by atoms with van der Waals surface area (Å²) in [6.45, 7) is 30.2. The van der Waals surface area contributed by atoms with Crippen LogP contribution in [0.4, 0.5) is 0 Å². The summed E-state index contributed by atoms with van der Waals surface area (Å²) in [4.78, 5) is 0. The SMILES string of the molecule is C[Si](C)(C)c1cc2c3ccc4c5cc([Si](C)(C)C)c([Si](C)(C)C)cc5c4c3c2cc1[Si](C)(C)C. The van der Waals surface area contributed by atoms with E-state index >= 15 is 0 Å². The predicted octanol–water partition coefficient (Wildman–Crippen LogP) is 7.36. The van der Waals surface area contributed by atoms with Crippen molar-refractivity contribution in [3.8, 4) is 0 Å². The van der Waals surface area contributed by atoms with Gasteiger partial charge in [0.25, 0.3) is 0 Å². The molecule has 0 amide bonds.